The maximum absolute atomic E-state index is 13.3. The minimum Gasteiger partial charge on any atom is -0.352 e. The maximum atomic E-state index is 13.3. The molecule has 10 heteroatoms. The highest BCUT2D eigenvalue weighted by Crippen LogP contribution is 2.26. The molecule has 2 amide bonds. The molecule has 1 unspecified atom stereocenters. The molecule has 2 heterocycles. The van der Waals surface area contributed by atoms with E-state index in [4.69, 9.17) is 11.6 Å². The van der Waals surface area contributed by atoms with E-state index in [1.54, 1.807) is 12.1 Å². The van der Waals surface area contributed by atoms with E-state index >= 15 is 0 Å². The number of hydrogen-bond acceptors (Lipinski definition) is 5. The summed E-state index contributed by atoms with van der Waals surface area (Å²) in [6.07, 6.45) is 2.29. The zero-order chi connectivity index (χ0) is 26.6. The van der Waals surface area contributed by atoms with Crippen molar-refractivity contribution in [3.8, 4) is 0 Å². The van der Waals surface area contributed by atoms with Gasteiger partial charge < -0.3 is 10.6 Å². The average Bonchev–Trinajstić information content (AvgIpc) is 3.16. The summed E-state index contributed by atoms with van der Waals surface area (Å²) in [7, 11) is -3.64. The largest absolute Gasteiger partial charge is 0.352 e. The molecule has 2 N–H and O–H groups in total. The zero-order valence-corrected chi connectivity index (χ0v) is 23.3. The summed E-state index contributed by atoms with van der Waals surface area (Å²) in [5.74, 6) is -0.294. The van der Waals surface area contributed by atoms with Crippen LogP contribution in [-0.2, 0) is 14.8 Å². The first-order valence-electron chi connectivity index (χ1n) is 12.5. The molecule has 1 aliphatic heterocycles. The van der Waals surface area contributed by atoms with E-state index < -0.39 is 16.1 Å². The molecule has 1 aliphatic rings. The second kappa shape index (κ2) is 11.9. The minimum absolute atomic E-state index is 0.172. The van der Waals surface area contributed by atoms with Crippen LogP contribution >= 0.6 is 22.9 Å². The third kappa shape index (κ3) is 6.90. The van der Waals surface area contributed by atoms with E-state index in [9.17, 15) is 18.0 Å². The molecule has 0 saturated carbocycles. The Kier molecular flexibility index (Phi) is 8.90. The van der Waals surface area contributed by atoms with E-state index in [2.05, 4.69) is 10.6 Å². The van der Waals surface area contributed by atoms with Crippen molar-refractivity contribution in [2.45, 2.75) is 56.5 Å². The number of nitrogens with zero attached hydrogens (tertiary/aromatic N) is 1. The Balaban J connectivity index is 1.39. The highest BCUT2D eigenvalue weighted by molar-refractivity contribution is 7.89. The van der Waals surface area contributed by atoms with Crippen molar-refractivity contribution in [2.75, 3.05) is 13.1 Å². The molecule has 2 aromatic carbocycles. The normalized spacial score (nSPS) is 17.9. The van der Waals surface area contributed by atoms with Gasteiger partial charge in [-0.25, -0.2) is 8.42 Å². The number of carbonyl (C=O) groups excluding carboxylic acids is 2. The molecule has 3 aromatic rings. The SMILES string of the molecule is CC(C)CC(NC(=O)c1cc2ccccc2s1)C(=O)N[C@H]1CCCN(S(=O)(=O)c2ccc(Cl)cc2)CC1. The Morgan fingerprint density at radius 1 is 1.08 bits per heavy atom. The van der Waals surface area contributed by atoms with Crippen molar-refractivity contribution in [2.24, 2.45) is 5.92 Å². The maximum Gasteiger partial charge on any atom is 0.262 e. The predicted molar refractivity (Wildman–Crippen MR) is 149 cm³/mol. The van der Waals surface area contributed by atoms with E-state index in [0.29, 0.717) is 48.7 Å². The van der Waals surface area contributed by atoms with Crippen LogP contribution in [0, 0.1) is 5.92 Å². The van der Waals surface area contributed by atoms with Crippen molar-refractivity contribution in [1.82, 2.24) is 14.9 Å². The lowest BCUT2D eigenvalue weighted by molar-refractivity contribution is -0.124. The number of sulfonamides is 1. The first-order chi connectivity index (χ1) is 17.6. The van der Waals surface area contributed by atoms with Gasteiger partial charge >= 0.3 is 0 Å². The van der Waals surface area contributed by atoms with Crippen LogP contribution in [0.3, 0.4) is 0 Å². The molecule has 4 rings (SSSR count). The molecule has 0 spiro atoms. The van der Waals surface area contributed by atoms with Crippen molar-refractivity contribution < 1.29 is 18.0 Å². The van der Waals surface area contributed by atoms with Crippen molar-refractivity contribution >= 4 is 54.9 Å². The van der Waals surface area contributed by atoms with Crippen LogP contribution in [0.5, 0.6) is 0 Å². The predicted octanol–water partition coefficient (Wildman–Crippen LogP) is 5.06. The van der Waals surface area contributed by atoms with Crippen LogP contribution < -0.4 is 10.6 Å². The first kappa shape index (κ1) is 27.6. The van der Waals surface area contributed by atoms with Crippen LogP contribution in [0.15, 0.2) is 59.5 Å². The Bertz CT molecular complexity index is 1320. The fourth-order valence-corrected chi connectivity index (χ4v) is 7.12. The second-order valence-corrected chi connectivity index (χ2v) is 13.3. The number of rotatable bonds is 8. The van der Waals surface area contributed by atoms with Gasteiger partial charge in [-0.1, -0.05) is 43.6 Å². The lowest BCUT2D eigenvalue weighted by Crippen LogP contribution is -2.50. The summed E-state index contributed by atoms with van der Waals surface area (Å²) in [4.78, 5) is 27.0. The van der Waals surface area contributed by atoms with Crippen LogP contribution in [-0.4, -0.2) is 49.7 Å². The number of halogens is 1. The van der Waals surface area contributed by atoms with E-state index in [0.717, 1.165) is 10.1 Å². The van der Waals surface area contributed by atoms with Gasteiger partial charge in [0.25, 0.3) is 5.91 Å². The third-order valence-electron chi connectivity index (χ3n) is 6.46. The Labute approximate surface area is 227 Å². The molecule has 1 aromatic heterocycles. The molecule has 7 nitrogen and oxygen atoms in total. The van der Waals surface area contributed by atoms with Gasteiger partial charge in [-0.3, -0.25) is 9.59 Å². The van der Waals surface area contributed by atoms with Crippen LogP contribution in [0.1, 0.15) is 49.2 Å². The fourth-order valence-electron chi connectivity index (χ4n) is 4.54. The van der Waals surface area contributed by atoms with Gasteiger partial charge in [-0.2, -0.15) is 4.31 Å². The summed E-state index contributed by atoms with van der Waals surface area (Å²) in [5.41, 5.74) is 0. The quantitative estimate of drug-likeness (QED) is 0.402. The molecule has 1 saturated heterocycles. The smallest absolute Gasteiger partial charge is 0.262 e. The van der Waals surface area contributed by atoms with Gasteiger partial charge in [0, 0.05) is 28.9 Å². The lowest BCUT2D eigenvalue weighted by Gasteiger charge is -2.24. The Morgan fingerprint density at radius 3 is 2.51 bits per heavy atom. The van der Waals surface area contributed by atoms with Gasteiger partial charge in [-0.05, 0) is 73.4 Å². The number of nitrogens with one attached hydrogen (secondary N) is 2. The monoisotopic (exact) mass is 561 g/mol. The first-order valence-corrected chi connectivity index (χ1v) is 15.1. The number of benzene rings is 2. The minimum atomic E-state index is -3.64. The lowest BCUT2D eigenvalue weighted by atomic mass is 10.0. The van der Waals surface area contributed by atoms with Gasteiger partial charge in [0.15, 0.2) is 0 Å². The summed E-state index contributed by atoms with van der Waals surface area (Å²) in [6.45, 7) is 4.71. The van der Waals surface area contributed by atoms with E-state index in [1.165, 1.54) is 27.8 Å². The third-order valence-corrected chi connectivity index (χ3v) is 9.74. The summed E-state index contributed by atoms with van der Waals surface area (Å²) >= 11 is 7.31. The summed E-state index contributed by atoms with van der Waals surface area (Å²) < 4.78 is 28.7. The highest BCUT2D eigenvalue weighted by atomic mass is 35.5. The van der Waals surface area contributed by atoms with Crippen LogP contribution in [0.4, 0.5) is 0 Å². The number of carbonyl (C=O) groups is 2. The summed E-state index contributed by atoms with van der Waals surface area (Å²) in [5, 5.41) is 7.49. The second-order valence-electron chi connectivity index (χ2n) is 9.80. The Hall–Kier alpha value is -2.46. The van der Waals surface area contributed by atoms with E-state index in [1.807, 2.05) is 44.2 Å². The zero-order valence-electron chi connectivity index (χ0n) is 20.9. The van der Waals surface area contributed by atoms with Crippen LogP contribution in [0.25, 0.3) is 10.1 Å². The molecule has 1 fully saturated rings. The van der Waals surface area contributed by atoms with Gasteiger partial charge in [-0.15, -0.1) is 11.3 Å². The number of amides is 2. The Morgan fingerprint density at radius 2 is 1.81 bits per heavy atom. The van der Waals surface area contributed by atoms with Gasteiger partial charge in [0.2, 0.25) is 15.9 Å². The van der Waals surface area contributed by atoms with Crippen molar-refractivity contribution in [3.05, 3.63) is 64.5 Å². The molecular formula is C27H32ClN3O4S2. The summed E-state index contributed by atoms with van der Waals surface area (Å²) in [6, 6.07) is 15.0. The number of thiophene rings is 1. The molecule has 0 aliphatic carbocycles. The average molecular weight is 562 g/mol. The number of fused-ring (bicyclic) bond motifs is 1. The molecule has 198 valence electrons. The molecule has 37 heavy (non-hydrogen) atoms. The van der Waals surface area contributed by atoms with Gasteiger partial charge in [0.05, 0.1) is 9.77 Å². The van der Waals surface area contributed by atoms with E-state index in [-0.39, 0.29) is 28.7 Å². The highest BCUT2D eigenvalue weighted by Gasteiger charge is 2.30. The van der Waals surface area contributed by atoms with Crippen LogP contribution in [0.2, 0.25) is 5.02 Å². The molecule has 0 bridgehead atoms. The molecular weight excluding hydrogens is 530 g/mol. The molecule has 0 radical (unpaired) electrons. The fraction of sp³-hybridized carbons (Fsp3) is 0.407. The standard InChI is InChI=1S/C27H32ClN3O4S2/c1-18(2)16-23(30-27(33)25-17-19-6-3-4-8-24(19)36-25)26(32)29-21-7-5-14-31(15-13-21)37(34,35)22-11-9-20(28)10-12-22/h3-4,6,8-12,17-18,21,23H,5,7,13-16H2,1-2H3,(H,29,32)(H,30,33)/t21-,23?/m0/s1. The topological polar surface area (TPSA) is 95.6 Å². The number of hydrogen-bond donors (Lipinski definition) is 2. The molecule has 2 atom stereocenters. The van der Waals surface area contributed by atoms with Crippen molar-refractivity contribution in [3.63, 3.8) is 0 Å². The van der Waals surface area contributed by atoms with Gasteiger partial charge in [0.1, 0.15) is 6.04 Å². The van der Waals surface area contributed by atoms with Crippen molar-refractivity contribution in [1.29, 1.82) is 0 Å².